The maximum atomic E-state index is 11.9. The molecular formula is C26H36N8O5. The molecule has 5 N–H and O–H groups in total. The molecule has 0 saturated carbocycles. The van der Waals surface area contributed by atoms with Crippen LogP contribution in [0.4, 0.5) is 16.3 Å². The number of nitrogens with zero attached hydrogens (tertiary/aromatic N) is 5. The number of ether oxygens (including phenoxy) is 1. The smallest absolute Gasteiger partial charge is 0.319 e. The second kappa shape index (κ2) is 13.3. The third-order valence-corrected chi connectivity index (χ3v) is 6.43. The van der Waals surface area contributed by atoms with Crippen LogP contribution in [0, 0.1) is 0 Å². The Morgan fingerprint density at radius 2 is 1.90 bits per heavy atom. The van der Waals surface area contributed by atoms with Gasteiger partial charge in [-0.1, -0.05) is 0 Å². The van der Waals surface area contributed by atoms with Crippen molar-refractivity contribution < 1.29 is 24.5 Å². The Morgan fingerprint density at radius 1 is 1.18 bits per heavy atom. The first kappa shape index (κ1) is 28.2. The highest BCUT2D eigenvalue weighted by atomic mass is 16.5. The summed E-state index contributed by atoms with van der Waals surface area (Å²) in [5.41, 5.74) is 2.35. The number of piperidine rings is 1. The quantitative estimate of drug-likeness (QED) is 0.311. The van der Waals surface area contributed by atoms with Crippen molar-refractivity contribution in [2.24, 2.45) is 0 Å². The van der Waals surface area contributed by atoms with Crippen LogP contribution in [0.25, 0.3) is 22.4 Å². The van der Waals surface area contributed by atoms with Crippen LogP contribution in [0.1, 0.15) is 32.7 Å². The zero-order valence-corrected chi connectivity index (χ0v) is 22.3. The zero-order chi connectivity index (χ0) is 27.8. The number of nitrogens with one attached hydrogen (secondary N) is 3. The summed E-state index contributed by atoms with van der Waals surface area (Å²) in [4.78, 5) is 33.1. The van der Waals surface area contributed by atoms with Gasteiger partial charge < -0.3 is 35.8 Å². The molecule has 4 heterocycles. The summed E-state index contributed by atoms with van der Waals surface area (Å²) in [5.74, 6) is 0.671. The number of carbonyl (C=O) groups is 2. The first-order valence-corrected chi connectivity index (χ1v) is 13.1. The maximum Gasteiger partial charge on any atom is 0.319 e. The van der Waals surface area contributed by atoms with Gasteiger partial charge in [0.1, 0.15) is 5.82 Å². The van der Waals surface area contributed by atoms with Gasteiger partial charge in [-0.25, -0.2) is 19.4 Å². The number of urea groups is 1. The molecule has 2 fully saturated rings. The molecule has 2 saturated heterocycles. The van der Waals surface area contributed by atoms with Crippen molar-refractivity contribution in [3.63, 3.8) is 0 Å². The lowest BCUT2D eigenvalue weighted by Gasteiger charge is -2.32. The van der Waals surface area contributed by atoms with Crippen LogP contribution in [0.5, 0.6) is 0 Å². The first-order valence-electron chi connectivity index (χ1n) is 13.1. The lowest BCUT2D eigenvalue weighted by atomic mass is 10.1. The summed E-state index contributed by atoms with van der Waals surface area (Å²) in [7, 11) is 0. The number of aliphatic hydroxyl groups excluding tert-OH is 1. The van der Waals surface area contributed by atoms with E-state index in [0.29, 0.717) is 24.2 Å². The Morgan fingerprint density at radius 3 is 2.56 bits per heavy atom. The van der Waals surface area contributed by atoms with Gasteiger partial charge in [0.05, 0.1) is 36.9 Å². The minimum Gasteiger partial charge on any atom is -0.481 e. The average Bonchev–Trinajstić information content (AvgIpc) is 3.36. The number of hydrogen-bond donors (Lipinski definition) is 5. The molecule has 13 nitrogen and oxygen atoms in total. The van der Waals surface area contributed by atoms with Gasteiger partial charge in [-0.2, -0.15) is 5.10 Å². The fourth-order valence-electron chi connectivity index (χ4n) is 4.66. The van der Waals surface area contributed by atoms with E-state index in [9.17, 15) is 4.79 Å². The molecule has 1 unspecified atom stereocenters. The van der Waals surface area contributed by atoms with Crippen LogP contribution in [0.3, 0.4) is 0 Å². The van der Waals surface area contributed by atoms with Crippen molar-refractivity contribution in [1.82, 2.24) is 30.4 Å². The van der Waals surface area contributed by atoms with Crippen molar-refractivity contribution in [3.05, 3.63) is 30.5 Å². The number of aliphatic carboxylic acids is 1. The molecule has 210 valence electrons. The molecule has 0 radical (unpaired) electrons. The largest absolute Gasteiger partial charge is 0.481 e. The van der Waals surface area contributed by atoms with Crippen molar-refractivity contribution >= 4 is 34.5 Å². The van der Waals surface area contributed by atoms with Gasteiger partial charge in [-0.05, 0) is 57.1 Å². The number of carbonyl (C=O) groups excluding carboxylic acids is 1. The van der Waals surface area contributed by atoms with Gasteiger partial charge in [-0.3, -0.25) is 4.79 Å². The third-order valence-electron chi connectivity index (χ3n) is 6.43. The van der Waals surface area contributed by atoms with Crippen molar-refractivity contribution in [1.29, 1.82) is 0 Å². The number of aliphatic hydroxyl groups is 1. The number of fused-ring (bicyclic) bond motifs is 1. The predicted octanol–water partition coefficient (Wildman–Crippen LogP) is 1.85. The van der Waals surface area contributed by atoms with Gasteiger partial charge in [0.15, 0.2) is 11.5 Å². The average molecular weight is 541 g/mol. The highest BCUT2D eigenvalue weighted by molar-refractivity contribution is 5.90. The lowest BCUT2D eigenvalue weighted by Crippen LogP contribution is -2.41. The molecule has 2 amide bonds. The normalized spacial score (nSPS) is 17.8. The van der Waals surface area contributed by atoms with E-state index in [1.54, 1.807) is 0 Å². The van der Waals surface area contributed by atoms with Crippen LogP contribution >= 0.6 is 0 Å². The number of carboxylic acids is 1. The Kier molecular flexibility index (Phi) is 9.63. The molecule has 0 bridgehead atoms. The molecule has 0 spiro atoms. The molecule has 2 aliphatic rings. The Hall–Kier alpha value is -3.81. The number of anilines is 2. The molecule has 5 rings (SSSR count). The van der Waals surface area contributed by atoms with E-state index in [1.165, 1.54) is 0 Å². The first-order chi connectivity index (χ1) is 18.9. The summed E-state index contributed by atoms with van der Waals surface area (Å²) < 4.78 is 7.83. The van der Waals surface area contributed by atoms with Crippen molar-refractivity contribution in [2.45, 2.75) is 38.8 Å². The van der Waals surface area contributed by atoms with Gasteiger partial charge >= 0.3 is 6.03 Å². The lowest BCUT2D eigenvalue weighted by molar-refractivity contribution is -0.134. The summed E-state index contributed by atoms with van der Waals surface area (Å²) in [6, 6.07) is 7.39. The second-order valence-corrected chi connectivity index (χ2v) is 9.51. The maximum absolute atomic E-state index is 11.9. The van der Waals surface area contributed by atoms with Crippen molar-refractivity contribution in [2.75, 3.05) is 56.2 Å². The molecule has 3 aromatic rings. The summed E-state index contributed by atoms with van der Waals surface area (Å²) in [6.45, 7) is 7.37. The van der Waals surface area contributed by atoms with Crippen LogP contribution in [0.2, 0.25) is 0 Å². The standard InChI is InChI=1S/C24H32N8O3.C2H4O2/c1-16-15-31(11-13-35-16)22-20-14-27-32(19-6-8-25-9-7-19)23(20)30-21(29-22)17-2-4-18(5-3-17)28-24(34)26-10-12-33;1-2(3)4/h2-5,14,16,19,25,33H,6-13,15H2,1H3,(H2,26,28,34);1H3,(H,3,4). The number of rotatable bonds is 6. The number of benzene rings is 1. The van der Waals surface area contributed by atoms with Gasteiger partial charge in [0, 0.05) is 37.8 Å². The van der Waals surface area contributed by atoms with E-state index in [0.717, 1.165) is 68.4 Å². The fourth-order valence-corrected chi connectivity index (χ4v) is 4.66. The number of carboxylic acid groups (broad SMARTS) is 1. The van der Waals surface area contributed by atoms with Gasteiger partial charge in [0.25, 0.3) is 5.97 Å². The number of amides is 2. The number of morpholine rings is 1. The molecule has 1 atom stereocenters. The van der Waals surface area contributed by atoms with Crippen LogP contribution in [-0.4, -0.2) is 94.0 Å². The summed E-state index contributed by atoms with van der Waals surface area (Å²) in [5, 5.41) is 30.7. The monoisotopic (exact) mass is 540 g/mol. The molecule has 2 aliphatic heterocycles. The molecule has 13 heteroatoms. The van der Waals surface area contributed by atoms with Gasteiger partial charge in [0.2, 0.25) is 0 Å². The van der Waals surface area contributed by atoms with Crippen LogP contribution in [-0.2, 0) is 9.53 Å². The zero-order valence-electron chi connectivity index (χ0n) is 22.3. The van der Waals surface area contributed by atoms with E-state index in [-0.39, 0.29) is 25.3 Å². The number of aromatic nitrogens is 4. The summed E-state index contributed by atoms with van der Waals surface area (Å²) >= 11 is 0. The third kappa shape index (κ3) is 7.40. The minimum absolute atomic E-state index is 0.107. The molecule has 0 aliphatic carbocycles. The Labute approximate surface area is 226 Å². The van der Waals surface area contributed by atoms with E-state index in [4.69, 9.17) is 34.8 Å². The molecule has 39 heavy (non-hydrogen) atoms. The topological polar surface area (TPSA) is 167 Å². The number of hydrogen-bond acceptors (Lipinski definition) is 9. The van der Waals surface area contributed by atoms with E-state index in [2.05, 4.69) is 32.5 Å². The van der Waals surface area contributed by atoms with Gasteiger partial charge in [-0.15, -0.1) is 0 Å². The van der Waals surface area contributed by atoms with Crippen molar-refractivity contribution in [3.8, 4) is 11.4 Å². The minimum atomic E-state index is -0.833. The molecule has 1 aromatic carbocycles. The van der Waals surface area contributed by atoms with E-state index >= 15 is 0 Å². The van der Waals surface area contributed by atoms with Crippen LogP contribution < -0.4 is 20.9 Å². The highest BCUT2D eigenvalue weighted by Gasteiger charge is 2.25. The summed E-state index contributed by atoms with van der Waals surface area (Å²) in [6.07, 6.45) is 4.05. The fraction of sp³-hybridized carbons (Fsp3) is 0.500. The van der Waals surface area contributed by atoms with E-state index < -0.39 is 5.97 Å². The highest BCUT2D eigenvalue weighted by Crippen LogP contribution is 2.32. The second-order valence-electron chi connectivity index (χ2n) is 9.51. The van der Waals surface area contributed by atoms with Crippen LogP contribution in [0.15, 0.2) is 30.5 Å². The van der Waals surface area contributed by atoms with E-state index in [1.807, 2.05) is 30.5 Å². The Balaban J connectivity index is 0.000000826. The molecular weight excluding hydrogens is 504 g/mol. The predicted molar refractivity (Wildman–Crippen MR) is 147 cm³/mol. The molecule has 2 aromatic heterocycles. The SMILES string of the molecule is CC(=O)O.CC1CN(c2nc(-c3ccc(NC(=O)NCCO)cc3)nc3c2cnn3C2CCNCC2)CCO1. The Bertz CT molecular complexity index is 1260.